The third kappa shape index (κ3) is 5.00. The van der Waals surface area contributed by atoms with E-state index < -0.39 is 0 Å². The fourth-order valence-electron chi connectivity index (χ4n) is 1.69. The highest BCUT2D eigenvalue weighted by atomic mass is 32.2. The summed E-state index contributed by atoms with van der Waals surface area (Å²) in [6, 6.07) is 6.33. The summed E-state index contributed by atoms with van der Waals surface area (Å²) in [5.74, 6) is 3.22. The molecular weight excluding hydrogens is 230 g/mol. The second-order valence-corrected chi connectivity index (χ2v) is 5.22. The Balaban J connectivity index is 2.43. The van der Waals surface area contributed by atoms with Crippen molar-refractivity contribution in [3.8, 4) is 5.75 Å². The molecule has 1 aromatic carbocycles. The quantitative estimate of drug-likeness (QED) is 0.719. The number of hydrogen-bond acceptors (Lipinski definition) is 3. The molecule has 0 amide bonds. The highest BCUT2D eigenvalue weighted by Crippen LogP contribution is 2.23. The van der Waals surface area contributed by atoms with Crippen LogP contribution in [0.4, 0.5) is 0 Å². The lowest BCUT2D eigenvalue weighted by molar-refractivity contribution is 0.409. The molecule has 0 bridgehead atoms. The number of thioether (sulfide) groups is 1. The number of nitrogens with two attached hydrogens (primary N) is 1. The number of ether oxygens (including phenoxy) is 1. The highest BCUT2D eigenvalue weighted by molar-refractivity contribution is 7.98. The van der Waals surface area contributed by atoms with E-state index in [0.29, 0.717) is 6.54 Å². The molecule has 0 aromatic heterocycles. The minimum absolute atomic E-state index is 0.535. The van der Waals surface area contributed by atoms with Crippen molar-refractivity contribution >= 4 is 11.8 Å². The molecule has 0 radical (unpaired) electrons. The van der Waals surface area contributed by atoms with Crippen molar-refractivity contribution in [3.63, 3.8) is 0 Å². The maximum Gasteiger partial charge on any atom is 0.123 e. The first kappa shape index (κ1) is 14.4. The van der Waals surface area contributed by atoms with Gasteiger partial charge in [-0.3, -0.25) is 0 Å². The van der Waals surface area contributed by atoms with E-state index in [1.807, 2.05) is 11.8 Å². The van der Waals surface area contributed by atoms with Crippen LogP contribution in [0.15, 0.2) is 18.2 Å². The van der Waals surface area contributed by atoms with Gasteiger partial charge in [-0.1, -0.05) is 31.9 Å². The molecule has 2 N–H and O–H groups in total. The molecule has 0 aliphatic heterocycles. The van der Waals surface area contributed by atoms with Gasteiger partial charge in [0.25, 0.3) is 0 Å². The minimum Gasteiger partial charge on any atom is -0.496 e. The van der Waals surface area contributed by atoms with Gasteiger partial charge >= 0.3 is 0 Å². The van der Waals surface area contributed by atoms with Crippen LogP contribution in [0, 0.1) is 0 Å². The van der Waals surface area contributed by atoms with Gasteiger partial charge in [0.1, 0.15) is 5.75 Å². The zero-order valence-corrected chi connectivity index (χ0v) is 11.7. The first-order valence-electron chi connectivity index (χ1n) is 6.25. The smallest absolute Gasteiger partial charge is 0.123 e. The summed E-state index contributed by atoms with van der Waals surface area (Å²) in [6.45, 7) is 2.77. The summed E-state index contributed by atoms with van der Waals surface area (Å²) >= 11 is 1.99. The summed E-state index contributed by atoms with van der Waals surface area (Å²) < 4.78 is 5.33. The largest absolute Gasteiger partial charge is 0.496 e. The summed E-state index contributed by atoms with van der Waals surface area (Å²) in [6.07, 6.45) is 3.95. The highest BCUT2D eigenvalue weighted by Gasteiger charge is 2.02. The van der Waals surface area contributed by atoms with Crippen LogP contribution in [-0.2, 0) is 12.3 Å². The van der Waals surface area contributed by atoms with Crippen molar-refractivity contribution in [2.45, 2.75) is 38.5 Å². The zero-order chi connectivity index (χ0) is 12.5. The lowest BCUT2D eigenvalue weighted by Gasteiger charge is -2.09. The van der Waals surface area contributed by atoms with Crippen LogP contribution in [0.1, 0.15) is 37.3 Å². The Kier molecular flexibility index (Phi) is 7.13. The Morgan fingerprint density at radius 3 is 2.76 bits per heavy atom. The first-order valence-corrected chi connectivity index (χ1v) is 7.40. The normalized spacial score (nSPS) is 10.5. The van der Waals surface area contributed by atoms with Crippen LogP contribution >= 0.6 is 11.8 Å². The van der Waals surface area contributed by atoms with E-state index in [4.69, 9.17) is 10.5 Å². The van der Waals surface area contributed by atoms with Gasteiger partial charge in [0, 0.05) is 17.9 Å². The van der Waals surface area contributed by atoms with Crippen molar-refractivity contribution in [1.82, 2.24) is 0 Å². The second-order valence-electron chi connectivity index (χ2n) is 4.11. The Morgan fingerprint density at radius 1 is 1.29 bits per heavy atom. The third-order valence-electron chi connectivity index (χ3n) is 2.73. The Bertz CT molecular complexity index is 328. The summed E-state index contributed by atoms with van der Waals surface area (Å²) in [5.41, 5.74) is 8.04. The topological polar surface area (TPSA) is 35.2 Å². The van der Waals surface area contributed by atoms with Crippen LogP contribution in [0.3, 0.4) is 0 Å². The van der Waals surface area contributed by atoms with Gasteiger partial charge in [0.05, 0.1) is 7.11 Å². The van der Waals surface area contributed by atoms with Gasteiger partial charge in [-0.05, 0) is 23.8 Å². The molecule has 0 spiro atoms. The summed E-state index contributed by atoms with van der Waals surface area (Å²) in [5, 5.41) is 0. The molecule has 0 aliphatic carbocycles. The van der Waals surface area contributed by atoms with E-state index in [9.17, 15) is 0 Å². The number of rotatable bonds is 8. The average molecular weight is 253 g/mol. The Labute approximate surface area is 109 Å². The fourth-order valence-corrected chi connectivity index (χ4v) is 2.66. The molecule has 1 aromatic rings. The molecule has 96 valence electrons. The van der Waals surface area contributed by atoms with Gasteiger partial charge in [-0.15, -0.1) is 0 Å². The van der Waals surface area contributed by atoms with E-state index in [2.05, 4.69) is 25.1 Å². The molecule has 0 unspecified atom stereocenters. The lowest BCUT2D eigenvalue weighted by atomic mass is 10.1. The van der Waals surface area contributed by atoms with Crippen molar-refractivity contribution in [1.29, 1.82) is 0 Å². The molecule has 2 nitrogen and oxygen atoms in total. The molecule has 17 heavy (non-hydrogen) atoms. The Morgan fingerprint density at radius 2 is 2.12 bits per heavy atom. The van der Waals surface area contributed by atoms with Crippen molar-refractivity contribution in [2.24, 2.45) is 5.73 Å². The van der Waals surface area contributed by atoms with E-state index in [-0.39, 0.29) is 0 Å². The van der Waals surface area contributed by atoms with E-state index in [0.717, 1.165) is 17.1 Å². The zero-order valence-electron chi connectivity index (χ0n) is 10.9. The number of benzene rings is 1. The monoisotopic (exact) mass is 253 g/mol. The minimum atomic E-state index is 0.535. The predicted octanol–water partition coefficient (Wildman–Crippen LogP) is 3.58. The van der Waals surface area contributed by atoms with Gasteiger partial charge in [-0.2, -0.15) is 11.8 Å². The molecule has 0 saturated carbocycles. The number of unbranched alkanes of at least 4 members (excludes halogenated alkanes) is 2. The molecular formula is C14H23NOS. The van der Waals surface area contributed by atoms with Crippen molar-refractivity contribution in [2.75, 3.05) is 12.9 Å². The van der Waals surface area contributed by atoms with Crippen LogP contribution in [0.5, 0.6) is 5.75 Å². The van der Waals surface area contributed by atoms with Gasteiger partial charge in [-0.25, -0.2) is 0 Å². The molecule has 3 heteroatoms. The molecule has 0 atom stereocenters. The average Bonchev–Trinajstić information content (AvgIpc) is 2.38. The molecule has 0 aliphatic rings. The standard InChI is InChI=1S/C14H23NOS/c1-3-4-5-8-17-11-12-6-7-13(10-15)14(9-12)16-2/h6-7,9H,3-5,8,10-11,15H2,1-2H3. The van der Waals surface area contributed by atoms with Gasteiger partial charge in [0.15, 0.2) is 0 Å². The summed E-state index contributed by atoms with van der Waals surface area (Å²) in [7, 11) is 1.70. The molecule has 0 fully saturated rings. The fraction of sp³-hybridized carbons (Fsp3) is 0.571. The van der Waals surface area contributed by atoms with Crippen molar-refractivity contribution < 1.29 is 4.74 Å². The third-order valence-corrected chi connectivity index (χ3v) is 3.85. The predicted molar refractivity (Wildman–Crippen MR) is 76.6 cm³/mol. The molecule has 0 saturated heterocycles. The van der Waals surface area contributed by atoms with Crippen LogP contribution in [-0.4, -0.2) is 12.9 Å². The summed E-state index contributed by atoms with van der Waals surface area (Å²) in [4.78, 5) is 0. The van der Waals surface area contributed by atoms with Crippen molar-refractivity contribution in [3.05, 3.63) is 29.3 Å². The number of methoxy groups -OCH3 is 1. The SMILES string of the molecule is CCCCCSCc1ccc(CN)c(OC)c1. The molecule has 0 heterocycles. The lowest BCUT2D eigenvalue weighted by Crippen LogP contribution is -2.00. The van der Waals surface area contributed by atoms with Crippen LogP contribution < -0.4 is 10.5 Å². The Hall–Kier alpha value is -0.670. The molecule has 1 rings (SSSR count). The second kappa shape index (κ2) is 8.43. The maximum absolute atomic E-state index is 5.65. The van der Waals surface area contributed by atoms with E-state index in [1.54, 1.807) is 7.11 Å². The van der Waals surface area contributed by atoms with Gasteiger partial charge in [0.2, 0.25) is 0 Å². The maximum atomic E-state index is 5.65. The van der Waals surface area contributed by atoms with E-state index in [1.165, 1.54) is 30.6 Å². The van der Waals surface area contributed by atoms with E-state index >= 15 is 0 Å². The van der Waals surface area contributed by atoms with Crippen LogP contribution in [0.25, 0.3) is 0 Å². The van der Waals surface area contributed by atoms with Crippen LogP contribution in [0.2, 0.25) is 0 Å². The van der Waals surface area contributed by atoms with Gasteiger partial charge < -0.3 is 10.5 Å². The number of hydrogen-bond donors (Lipinski definition) is 1. The first-order chi connectivity index (χ1) is 8.31.